The molecule has 9 heteroatoms. The summed E-state index contributed by atoms with van der Waals surface area (Å²) in [6.07, 6.45) is 3.35. The van der Waals surface area contributed by atoms with E-state index in [0.29, 0.717) is 30.6 Å². The molecular formula is C19H24F3N5O. The second-order valence-corrected chi connectivity index (χ2v) is 6.96. The molecule has 28 heavy (non-hydrogen) atoms. The number of anilines is 2. The standard InChI is InChI=1S/C19H24F3N5O/c1-2-11(20)9-23-19-24-10-14(16-8-7-15(21)17(22)26-16)18(27-19)25-12-3-5-13(28)6-4-12/h7-8,10-13,28H,2-6,9H2,1H3,(H2,23,24,25,27)/t11-,12-,13-/m0/s1. The lowest BCUT2D eigenvalue weighted by atomic mass is 9.93. The second kappa shape index (κ2) is 9.18. The first kappa shape index (κ1) is 20.3. The molecule has 0 saturated heterocycles. The van der Waals surface area contributed by atoms with Crippen LogP contribution in [0.2, 0.25) is 0 Å². The van der Waals surface area contributed by atoms with Crippen molar-refractivity contribution in [3.8, 4) is 11.3 Å². The van der Waals surface area contributed by atoms with Gasteiger partial charge in [-0.15, -0.1) is 0 Å². The summed E-state index contributed by atoms with van der Waals surface area (Å²) in [4.78, 5) is 12.2. The maximum atomic E-state index is 13.6. The van der Waals surface area contributed by atoms with Gasteiger partial charge in [0.25, 0.3) is 0 Å². The zero-order chi connectivity index (χ0) is 20.1. The molecule has 0 bridgehead atoms. The van der Waals surface area contributed by atoms with Crippen LogP contribution in [0, 0.1) is 11.8 Å². The molecule has 3 rings (SSSR count). The van der Waals surface area contributed by atoms with E-state index in [2.05, 4.69) is 25.6 Å². The van der Waals surface area contributed by atoms with Crippen LogP contribution in [0.15, 0.2) is 18.3 Å². The molecule has 0 radical (unpaired) electrons. The van der Waals surface area contributed by atoms with E-state index in [9.17, 15) is 18.3 Å². The van der Waals surface area contributed by atoms with E-state index < -0.39 is 17.9 Å². The minimum Gasteiger partial charge on any atom is -0.393 e. The lowest BCUT2D eigenvalue weighted by Gasteiger charge is -2.27. The average Bonchev–Trinajstić information content (AvgIpc) is 2.70. The molecule has 1 fully saturated rings. The van der Waals surface area contributed by atoms with Crippen molar-refractivity contribution in [2.45, 2.75) is 57.3 Å². The Kier molecular flexibility index (Phi) is 6.66. The van der Waals surface area contributed by atoms with Crippen molar-refractivity contribution >= 4 is 11.8 Å². The number of hydrogen-bond donors (Lipinski definition) is 3. The molecule has 2 aromatic rings. The number of halogens is 3. The fourth-order valence-corrected chi connectivity index (χ4v) is 3.09. The van der Waals surface area contributed by atoms with Gasteiger partial charge in [-0.25, -0.2) is 18.7 Å². The Morgan fingerprint density at radius 1 is 1.18 bits per heavy atom. The lowest BCUT2D eigenvalue weighted by molar-refractivity contribution is 0.126. The summed E-state index contributed by atoms with van der Waals surface area (Å²) in [5.74, 6) is -1.59. The van der Waals surface area contributed by atoms with Gasteiger partial charge < -0.3 is 15.7 Å². The number of alkyl halides is 1. The first-order chi connectivity index (χ1) is 13.5. The predicted molar refractivity (Wildman–Crippen MR) is 101 cm³/mol. The molecule has 1 atom stereocenters. The van der Waals surface area contributed by atoms with Crippen LogP contribution < -0.4 is 10.6 Å². The maximum Gasteiger partial charge on any atom is 0.249 e. The number of hydrogen-bond acceptors (Lipinski definition) is 6. The van der Waals surface area contributed by atoms with E-state index in [1.807, 2.05) is 0 Å². The van der Waals surface area contributed by atoms with Crippen LogP contribution in [0.1, 0.15) is 39.0 Å². The van der Waals surface area contributed by atoms with E-state index >= 15 is 0 Å². The Bertz CT molecular complexity index is 799. The Labute approximate surface area is 161 Å². The zero-order valence-electron chi connectivity index (χ0n) is 15.6. The summed E-state index contributed by atoms with van der Waals surface area (Å²) >= 11 is 0. The molecule has 0 unspecified atom stereocenters. The molecule has 2 heterocycles. The Balaban J connectivity index is 1.87. The summed E-state index contributed by atoms with van der Waals surface area (Å²) < 4.78 is 40.4. The van der Waals surface area contributed by atoms with Crippen molar-refractivity contribution in [3.05, 3.63) is 30.1 Å². The largest absolute Gasteiger partial charge is 0.393 e. The highest BCUT2D eigenvalue weighted by atomic mass is 19.2. The van der Waals surface area contributed by atoms with Crippen molar-refractivity contribution in [1.82, 2.24) is 15.0 Å². The summed E-state index contributed by atoms with van der Waals surface area (Å²) in [7, 11) is 0. The molecule has 3 N–H and O–H groups in total. The van der Waals surface area contributed by atoms with Gasteiger partial charge in [-0.05, 0) is 44.2 Å². The number of rotatable bonds is 7. The fraction of sp³-hybridized carbons (Fsp3) is 0.526. The van der Waals surface area contributed by atoms with E-state index in [0.717, 1.165) is 18.9 Å². The minimum absolute atomic E-state index is 0.0692. The molecule has 0 spiro atoms. The average molecular weight is 395 g/mol. The highest BCUT2D eigenvalue weighted by Crippen LogP contribution is 2.29. The van der Waals surface area contributed by atoms with Gasteiger partial charge in [0.2, 0.25) is 11.9 Å². The molecule has 0 aromatic carbocycles. The van der Waals surface area contributed by atoms with Gasteiger partial charge in [0, 0.05) is 18.8 Å². The van der Waals surface area contributed by atoms with Crippen LogP contribution in [0.5, 0.6) is 0 Å². The van der Waals surface area contributed by atoms with Crippen molar-refractivity contribution in [2.24, 2.45) is 0 Å². The third kappa shape index (κ3) is 5.09. The van der Waals surface area contributed by atoms with E-state index in [1.165, 1.54) is 12.3 Å². The van der Waals surface area contributed by atoms with Crippen molar-refractivity contribution < 1.29 is 18.3 Å². The van der Waals surface area contributed by atoms with Crippen molar-refractivity contribution in [1.29, 1.82) is 0 Å². The molecule has 1 saturated carbocycles. The quantitative estimate of drug-likeness (QED) is 0.620. The SMILES string of the molecule is CC[C@H](F)CNc1ncc(-c2ccc(F)c(F)n2)c(N[C@H]2CC[C@H](O)CC2)n1. The van der Waals surface area contributed by atoms with Gasteiger partial charge >= 0.3 is 0 Å². The number of aromatic nitrogens is 3. The highest BCUT2D eigenvalue weighted by Gasteiger charge is 2.22. The van der Waals surface area contributed by atoms with Crippen molar-refractivity contribution in [3.63, 3.8) is 0 Å². The molecule has 0 aliphatic heterocycles. The minimum atomic E-state index is -1.20. The number of nitrogens with one attached hydrogen (secondary N) is 2. The zero-order valence-corrected chi connectivity index (χ0v) is 15.6. The van der Waals surface area contributed by atoms with Crippen LogP contribution in [0.25, 0.3) is 11.3 Å². The Morgan fingerprint density at radius 2 is 1.93 bits per heavy atom. The molecule has 6 nitrogen and oxygen atoms in total. The third-order valence-corrected chi connectivity index (χ3v) is 4.83. The van der Waals surface area contributed by atoms with Gasteiger partial charge in [-0.1, -0.05) is 6.92 Å². The van der Waals surface area contributed by atoms with Crippen LogP contribution in [0.4, 0.5) is 24.9 Å². The van der Waals surface area contributed by atoms with E-state index in [-0.39, 0.29) is 30.3 Å². The first-order valence-corrected chi connectivity index (χ1v) is 9.48. The summed E-state index contributed by atoms with van der Waals surface area (Å²) in [6.45, 7) is 1.82. The monoisotopic (exact) mass is 395 g/mol. The van der Waals surface area contributed by atoms with Gasteiger partial charge in [-0.2, -0.15) is 9.37 Å². The first-order valence-electron chi connectivity index (χ1n) is 9.48. The lowest BCUT2D eigenvalue weighted by Crippen LogP contribution is -2.29. The van der Waals surface area contributed by atoms with Crippen LogP contribution >= 0.6 is 0 Å². The van der Waals surface area contributed by atoms with E-state index in [1.54, 1.807) is 6.92 Å². The number of aliphatic hydroxyl groups excluding tert-OH is 1. The summed E-state index contributed by atoms with van der Waals surface area (Å²) in [6, 6.07) is 2.42. The molecule has 1 aliphatic carbocycles. The number of aliphatic hydroxyl groups is 1. The van der Waals surface area contributed by atoms with Crippen molar-refractivity contribution in [2.75, 3.05) is 17.2 Å². The summed E-state index contributed by atoms with van der Waals surface area (Å²) in [5, 5.41) is 15.8. The second-order valence-electron chi connectivity index (χ2n) is 6.96. The van der Waals surface area contributed by atoms with Crippen LogP contribution in [-0.2, 0) is 0 Å². The predicted octanol–water partition coefficient (Wildman–Crippen LogP) is 3.69. The Morgan fingerprint density at radius 3 is 2.61 bits per heavy atom. The van der Waals surface area contributed by atoms with Crippen LogP contribution in [0.3, 0.4) is 0 Å². The molecule has 2 aromatic heterocycles. The topological polar surface area (TPSA) is 83.0 Å². The Hall–Kier alpha value is -2.42. The number of pyridine rings is 1. The molecule has 0 amide bonds. The molecule has 1 aliphatic rings. The highest BCUT2D eigenvalue weighted by molar-refractivity contribution is 5.72. The van der Waals surface area contributed by atoms with Gasteiger partial charge in [0.05, 0.1) is 17.4 Å². The fourth-order valence-electron chi connectivity index (χ4n) is 3.09. The maximum absolute atomic E-state index is 13.6. The summed E-state index contributed by atoms with van der Waals surface area (Å²) in [5.41, 5.74) is 0.614. The molecular weight excluding hydrogens is 371 g/mol. The van der Waals surface area contributed by atoms with Gasteiger partial charge in [0.1, 0.15) is 12.0 Å². The smallest absolute Gasteiger partial charge is 0.249 e. The number of nitrogens with zero attached hydrogens (tertiary/aromatic N) is 3. The van der Waals surface area contributed by atoms with Gasteiger partial charge in [-0.3, -0.25) is 0 Å². The normalized spacial score (nSPS) is 20.6. The van der Waals surface area contributed by atoms with E-state index in [4.69, 9.17) is 0 Å². The molecule has 152 valence electrons. The van der Waals surface area contributed by atoms with Gasteiger partial charge in [0.15, 0.2) is 5.82 Å². The third-order valence-electron chi connectivity index (χ3n) is 4.83. The van der Waals surface area contributed by atoms with Crippen LogP contribution in [-0.4, -0.2) is 44.9 Å².